The summed E-state index contributed by atoms with van der Waals surface area (Å²) in [6.07, 6.45) is 18.1. The Bertz CT molecular complexity index is 861. The van der Waals surface area contributed by atoms with Gasteiger partial charge in [0, 0.05) is 0 Å². The Morgan fingerprint density at radius 2 is 1.22 bits per heavy atom. The minimum absolute atomic E-state index is 0.337. The molecule has 0 aliphatic carbocycles. The van der Waals surface area contributed by atoms with Crippen molar-refractivity contribution in [2.24, 2.45) is 0 Å². The van der Waals surface area contributed by atoms with Crippen LogP contribution in [-0.4, -0.2) is 0 Å². The van der Waals surface area contributed by atoms with E-state index in [1.807, 2.05) is 36.4 Å². The van der Waals surface area contributed by atoms with Crippen molar-refractivity contribution in [3.63, 3.8) is 0 Å². The number of ether oxygens (including phenoxy) is 1. The van der Waals surface area contributed by atoms with Crippen LogP contribution < -0.4 is 4.74 Å². The first-order valence-corrected chi connectivity index (χ1v) is 12.5. The van der Waals surface area contributed by atoms with Gasteiger partial charge in [-0.2, -0.15) is 10.5 Å². The van der Waals surface area contributed by atoms with E-state index in [1.54, 1.807) is 6.07 Å². The molecule has 0 saturated heterocycles. The van der Waals surface area contributed by atoms with Gasteiger partial charge < -0.3 is 4.74 Å². The predicted octanol–water partition coefficient (Wildman–Crippen LogP) is 8.86. The van der Waals surface area contributed by atoms with Crippen molar-refractivity contribution in [1.29, 1.82) is 10.5 Å². The molecule has 0 N–H and O–H groups in total. The molecule has 0 atom stereocenters. The summed E-state index contributed by atoms with van der Waals surface area (Å²) in [6, 6.07) is 17.5. The van der Waals surface area contributed by atoms with E-state index >= 15 is 0 Å². The number of rotatable bonds is 16. The normalized spacial score (nSPS) is 10.5. The van der Waals surface area contributed by atoms with E-state index in [0.29, 0.717) is 22.6 Å². The van der Waals surface area contributed by atoms with Crippen LogP contribution in [-0.2, 0) is 6.42 Å². The van der Waals surface area contributed by atoms with Crippen molar-refractivity contribution in [3.8, 4) is 23.6 Å². The number of aryl methyl sites for hydroxylation is 1. The molecule has 2 rings (SSSR count). The molecule has 0 fully saturated rings. The number of unbranched alkanes of at least 4 members (excludes halogenated alkanes) is 12. The molecule has 0 spiro atoms. The Kier molecular flexibility index (Phi) is 12.7. The molecular formula is C29H38N2O. The molecule has 0 radical (unpaired) electrons. The summed E-state index contributed by atoms with van der Waals surface area (Å²) in [5, 5.41) is 19.0. The van der Waals surface area contributed by atoms with Crippen LogP contribution in [0.5, 0.6) is 11.5 Å². The molecule has 2 aromatic carbocycles. The van der Waals surface area contributed by atoms with E-state index in [9.17, 15) is 10.5 Å². The molecule has 0 aliphatic rings. The average molecular weight is 431 g/mol. The highest BCUT2D eigenvalue weighted by molar-refractivity contribution is 5.58. The Labute approximate surface area is 195 Å². The zero-order chi connectivity index (χ0) is 22.9. The first kappa shape index (κ1) is 25.5. The molecule has 0 aromatic heterocycles. The van der Waals surface area contributed by atoms with E-state index in [-0.39, 0.29) is 0 Å². The molecule has 170 valence electrons. The van der Waals surface area contributed by atoms with Crippen LogP contribution in [0.4, 0.5) is 0 Å². The molecule has 2 aromatic rings. The standard InChI is InChI=1S/C29H38N2O/c1-2-3-4-5-6-7-8-9-10-11-12-13-15-18-25-21-22-26(23-30)28(24-31)29(25)32-27-19-16-14-17-20-27/h14,16-17,19-22H,2-13,15,18H2,1H3. The molecule has 3 nitrogen and oxygen atoms in total. The lowest BCUT2D eigenvalue weighted by Crippen LogP contribution is -1.98. The summed E-state index contributed by atoms with van der Waals surface area (Å²) in [5.41, 5.74) is 1.71. The van der Waals surface area contributed by atoms with Crippen LogP contribution in [0, 0.1) is 22.7 Å². The molecular weight excluding hydrogens is 392 g/mol. The highest BCUT2D eigenvalue weighted by atomic mass is 16.5. The quantitative estimate of drug-likeness (QED) is 0.250. The second-order valence-corrected chi connectivity index (χ2v) is 8.61. The fraction of sp³-hybridized carbons (Fsp3) is 0.517. The maximum absolute atomic E-state index is 9.64. The van der Waals surface area contributed by atoms with Gasteiger partial charge in [0.25, 0.3) is 0 Å². The van der Waals surface area contributed by atoms with E-state index in [0.717, 1.165) is 18.4 Å². The Hall–Kier alpha value is -2.78. The van der Waals surface area contributed by atoms with Crippen LogP contribution in [0.3, 0.4) is 0 Å². The highest BCUT2D eigenvalue weighted by Crippen LogP contribution is 2.32. The highest BCUT2D eigenvalue weighted by Gasteiger charge is 2.15. The third kappa shape index (κ3) is 9.15. The first-order valence-electron chi connectivity index (χ1n) is 12.5. The zero-order valence-corrected chi connectivity index (χ0v) is 19.7. The van der Waals surface area contributed by atoms with Crippen LogP contribution >= 0.6 is 0 Å². The van der Waals surface area contributed by atoms with Gasteiger partial charge in [-0.1, -0.05) is 108 Å². The second-order valence-electron chi connectivity index (χ2n) is 8.61. The van der Waals surface area contributed by atoms with Gasteiger partial charge >= 0.3 is 0 Å². The Morgan fingerprint density at radius 1 is 0.656 bits per heavy atom. The smallest absolute Gasteiger partial charge is 0.149 e. The number of benzene rings is 2. The lowest BCUT2D eigenvalue weighted by molar-refractivity contribution is 0.472. The minimum Gasteiger partial charge on any atom is -0.456 e. The van der Waals surface area contributed by atoms with Crippen molar-refractivity contribution in [1.82, 2.24) is 0 Å². The molecule has 32 heavy (non-hydrogen) atoms. The summed E-state index contributed by atoms with van der Waals surface area (Å²) in [4.78, 5) is 0. The van der Waals surface area contributed by atoms with Crippen LogP contribution in [0.25, 0.3) is 0 Å². The van der Waals surface area contributed by atoms with Gasteiger partial charge in [0.15, 0.2) is 0 Å². The van der Waals surface area contributed by atoms with Gasteiger partial charge in [0.05, 0.1) is 5.56 Å². The molecule has 0 unspecified atom stereocenters. The number of nitriles is 2. The Balaban J connectivity index is 1.74. The Morgan fingerprint density at radius 3 is 1.75 bits per heavy atom. The molecule has 0 aliphatic heterocycles. The number of hydrogen-bond acceptors (Lipinski definition) is 3. The van der Waals surface area contributed by atoms with E-state index < -0.39 is 0 Å². The van der Waals surface area contributed by atoms with Gasteiger partial charge in [-0.15, -0.1) is 0 Å². The lowest BCUT2D eigenvalue weighted by Gasteiger charge is -2.14. The molecule has 0 bridgehead atoms. The predicted molar refractivity (Wildman–Crippen MR) is 132 cm³/mol. The zero-order valence-electron chi connectivity index (χ0n) is 19.7. The van der Waals surface area contributed by atoms with E-state index in [1.165, 1.54) is 77.0 Å². The lowest BCUT2D eigenvalue weighted by atomic mass is 9.98. The molecule has 0 saturated carbocycles. The number of hydrogen-bond donors (Lipinski definition) is 0. The minimum atomic E-state index is 0.337. The number of nitrogens with zero attached hydrogens (tertiary/aromatic N) is 2. The summed E-state index contributed by atoms with van der Waals surface area (Å²) >= 11 is 0. The van der Waals surface area contributed by atoms with Crippen molar-refractivity contribution < 1.29 is 4.74 Å². The van der Waals surface area contributed by atoms with Gasteiger partial charge in [-0.05, 0) is 36.6 Å². The monoisotopic (exact) mass is 430 g/mol. The van der Waals surface area contributed by atoms with Crippen molar-refractivity contribution in [2.75, 3.05) is 0 Å². The van der Waals surface area contributed by atoms with Gasteiger partial charge in [0.2, 0.25) is 0 Å². The maximum Gasteiger partial charge on any atom is 0.149 e. The first-order chi connectivity index (χ1) is 15.8. The van der Waals surface area contributed by atoms with Gasteiger partial charge in [0.1, 0.15) is 29.2 Å². The fourth-order valence-electron chi connectivity index (χ4n) is 4.08. The summed E-state index contributed by atoms with van der Waals surface area (Å²) in [5.74, 6) is 1.22. The summed E-state index contributed by atoms with van der Waals surface area (Å²) in [7, 11) is 0. The second kappa shape index (κ2) is 15.9. The third-order valence-corrected chi connectivity index (χ3v) is 5.98. The molecule has 0 amide bonds. The molecule has 0 heterocycles. The van der Waals surface area contributed by atoms with Gasteiger partial charge in [-0.25, -0.2) is 0 Å². The van der Waals surface area contributed by atoms with E-state index in [4.69, 9.17) is 4.74 Å². The van der Waals surface area contributed by atoms with Crippen LogP contribution in [0.2, 0.25) is 0 Å². The summed E-state index contributed by atoms with van der Waals surface area (Å²) in [6.45, 7) is 2.27. The van der Waals surface area contributed by atoms with Crippen molar-refractivity contribution in [2.45, 2.75) is 96.8 Å². The van der Waals surface area contributed by atoms with E-state index in [2.05, 4.69) is 19.1 Å². The largest absolute Gasteiger partial charge is 0.456 e. The topological polar surface area (TPSA) is 56.8 Å². The fourth-order valence-corrected chi connectivity index (χ4v) is 4.08. The van der Waals surface area contributed by atoms with Crippen LogP contribution in [0.15, 0.2) is 42.5 Å². The third-order valence-electron chi connectivity index (χ3n) is 5.98. The maximum atomic E-state index is 9.64. The average Bonchev–Trinajstić information content (AvgIpc) is 2.83. The summed E-state index contributed by atoms with van der Waals surface area (Å²) < 4.78 is 6.06. The SMILES string of the molecule is CCCCCCCCCCCCCCCc1ccc(C#N)c(C#N)c1Oc1ccccc1. The van der Waals surface area contributed by atoms with Crippen molar-refractivity contribution in [3.05, 3.63) is 59.2 Å². The molecule has 3 heteroatoms. The number of para-hydroxylation sites is 1. The van der Waals surface area contributed by atoms with Crippen LogP contribution in [0.1, 0.15) is 107 Å². The van der Waals surface area contributed by atoms with Gasteiger partial charge in [-0.3, -0.25) is 0 Å². The van der Waals surface area contributed by atoms with Crippen molar-refractivity contribution >= 4 is 0 Å².